The molecule has 1 aromatic carbocycles. The summed E-state index contributed by atoms with van der Waals surface area (Å²) in [6.45, 7) is 3.94. The summed E-state index contributed by atoms with van der Waals surface area (Å²) < 4.78 is 1.13. The van der Waals surface area contributed by atoms with E-state index in [1.54, 1.807) is 30.4 Å². The minimum Gasteiger partial charge on any atom is -0.345 e. The lowest BCUT2D eigenvalue weighted by molar-refractivity contribution is 0.0940. The summed E-state index contributed by atoms with van der Waals surface area (Å²) in [5.74, 6) is -0.252. The first-order valence-electron chi connectivity index (χ1n) is 7.62. The summed E-state index contributed by atoms with van der Waals surface area (Å²) in [7, 11) is 0. The fourth-order valence-electron chi connectivity index (χ4n) is 2.57. The highest BCUT2D eigenvalue weighted by atomic mass is 32.1. The number of carbonyl (C=O) groups excluding carboxylic acids is 1. The third-order valence-electron chi connectivity index (χ3n) is 3.88. The van der Waals surface area contributed by atoms with Gasteiger partial charge >= 0.3 is 5.69 Å². The molecule has 0 spiro atoms. The Morgan fingerprint density at radius 1 is 1.33 bits per heavy atom. The van der Waals surface area contributed by atoms with Crippen LogP contribution in [-0.4, -0.2) is 15.5 Å². The molecule has 0 aliphatic carbocycles. The number of hydrogen-bond donors (Lipinski definition) is 2. The maximum atomic E-state index is 12.4. The molecule has 0 radical (unpaired) electrons. The van der Waals surface area contributed by atoms with Gasteiger partial charge in [0.15, 0.2) is 0 Å². The Morgan fingerprint density at radius 2 is 2.12 bits per heavy atom. The van der Waals surface area contributed by atoms with Gasteiger partial charge in [0.25, 0.3) is 11.5 Å². The molecule has 124 valence electrons. The van der Waals surface area contributed by atoms with Gasteiger partial charge in [-0.25, -0.2) is 4.79 Å². The van der Waals surface area contributed by atoms with E-state index in [1.807, 2.05) is 24.4 Å². The smallest absolute Gasteiger partial charge is 0.328 e. The van der Waals surface area contributed by atoms with E-state index in [0.717, 1.165) is 9.44 Å². The highest BCUT2D eigenvalue weighted by Gasteiger charge is 2.14. The Kier molecular flexibility index (Phi) is 4.35. The summed E-state index contributed by atoms with van der Waals surface area (Å²) in [6, 6.07) is 8.49. The fourth-order valence-corrected chi connectivity index (χ4v) is 3.31. The molecule has 2 heterocycles. The Hall–Kier alpha value is -2.67. The first-order valence-corrected chi connectivity index (χ1v) is 8.50. The monoisotopic (exact) mass is 343 g/mol. The van der Waals surface area contributed by atoms with Crippen molar-refractivity contribution in [2.45, 2.75) is 26.4 Å². The number of H-pyrrole nitrogens is 1. The number of rotatable bonds is 4. The van der Waals surface area contributed by atoms with E-state index < -0.39 is 5.69 Å². The lowest BCUT2D eigenvalue weighted by atomic mass is 10.1. The molecule has 2 aromatic heterocycles. The Bertz CT molecular complexity index is 1000. The molecule has 3 rings (SSSR count). The average molecular weight is 343 g/mol. The Labute approximate surface area is 141 Å². The number of fused-ring (bicyclic) bond motifs is 1. The van der Waals surface area contributed by atoms with Crippen molar-refractivity contribution < 1.29 is 4.79 Å². The SMILES string of the molecule is CCn1c(=O)[nH]c2cc(C(=O)NC(C)c3cccs3)ccc2c1=O. The first kappa shape index (κ1) is 16.2. The molecule has 3 aromatic rings. The number of nitrogens with one attached hydrogen (secondary N) is 2. The molecule has 0 aliphatic rings. The van der Waals surface area contributed by atoms with Gasteiger partial charge in [-0.3, -0.25) is 14.2 Å². The Balaban J connectivity index is 1.95. The predicted molar refractivity (Wildman–Crippen MR) is 94.7 cm³/mol. The molecular weight excluding hydrogens is 326 g/mol. The van der Waals surface area contributed by atoms with Crippen molar-refractivity contribution >= 4 is 28.1 Å². The van der Waals surface area contributed by atoms with Crippen molar-refractivity contribution in [1.29, 1.82) is 0 Å². The van der Waals surface area contributed by atoms with Crippen LogP contribution in [0.25, 0.3) is 10.9 Å². The van der Waals surface area contributed by atoms with E-state index in [1.165, 1.54) is 6.07 Å². The number of benzene rings is 1. The highest BCUT2D eigenvalue weighted by molar-refractivity contribution is 7.10. The molecule has 0 fully saturated rings. The summed E-state index contributed by atoms with van der Waals surface area (Å²) in [4.78, 5) is 40.3. The minimum absolute atomic E-state index is 0.111. The molecule has 1 unspecified atom stereocenters. The maximum Gasteiger partial charge on any atom is 0.328 e. The molecule has 6 nitrogen and oxygen atoms in total. The maximum absolute atomic E-state index is 12.4. The van der Waals surface area contributed by atoms with Crippen LogP contribution in [0.15, 0.2) is 45.3 Å². The third kappa shape index (κ3) is 2.90. The summed E-state index contributed by atoms with van der Waals surface area (Å²) in [5.41, 5.74) is -0.0593. The van der Waals surface area contributed by atoms with Crippen LogP contribution in [0.4, 0.5) is 0 Å². The third-order valence-corrected chi connectivity index (χ3v) is 4.93. The van der Waals surface area contributed by atoms with Crippen molar-refractivity contribution in [2.75, 3.05) is 0 Å². The largest absolute Gasteiger partial charge is 0.345 e. The molecule has 24 heavy (non-hydrogen) atoms. The van der Waals surface area contributed by atoms with Crippen molar-refractivity contribution in [3.8, 4) is 0 Å². The van der Waals surface area contributed by atoms with Crippen LogP contribution in [0.5, 0.6) is 0 Å². The van der Waals surface area contributed by atoms with Crippen molar-refractivity contribution in [3.05, 3.63) is 67.0 Å². The van der Waals surface area contributed by atoms with E-state index in [9.17, 15) is 14.4 Å². The van der Waals surface area contributed by atoms with Gasteiger partial charge in [-0.05, 0) is 43.5 Å². The molecule has 0 bridgehead atoms. The van der Waals surface area contributed by atoms with Crippen molar-refractivity contribution in [3.63, 3.8) is 0 Å². The van der Waals surface area contributed by atoms with E-state index >= 15 is 0 Å². The molecule has 0 aliphatic heterocycles. The van der Waals surface area contributed by atoms with E-state index in [2.05, 4.69) is 10.3 Å². The van der Waals surface area contributed by atoms with Gasteiger partial charge in [-0.15, -0.1) is 11.3 Å². The lowest BCUT2D eigenvalue weighted by Crippen LogP contribution is -2.34. The molecule has 0 saturated carbocycles. The zero-order valence-corrected chi connectivity index (χ0v) is 14.1. The number of amides is 1. The number of carbonyl (C=O) groups is 1. The van der Waals surface area contributed by atoms with Crippen LogP contribution < -0.4 is 16.6 Å². The quantitative estimate of drug-likeness (QED) is 0.762. The number of aromatic amines is 1. The van der Waals surface area contributed by atoms with Crippen LogP contribution in [0.2, 0.25) is 0 Å². The van der Waals surface area contributed by atoms with Crippen molar-refractivity contribution in [2.24, 2.45) is 0 Å². The lowest BCUT2D eigenvalue weighted by Gasteiger charge is -2.12. The standard InChI is InChI=1S/C17H17N3O3S/c1-3-20-16(22)12-7-6-11(9-13(12)19-17(20)23)15(21)18-10(2)14-5-4-8-24-14/h4-10H,3H2,1-2H3,(H,18,21)(H,19,23). The topological polar surface area (TPSA) is 84.0 Å². The van der Waals surface area contributed by atoms with Crippen molar-refractivity contribution in [1.82, 2.24) is 14.9 Å². The molecule has 0 saturated heterocycles. The minimum atomic E-state index is -0.473. The molecule has 1 amide bonds. The fraction of sp³-hybridized carbons (Fsp3) is 0.235. The molecule has 2 N–H and O–H groups in total. The zero-order chi connectivity index (χ0) is 17.3. The number of nitrogens with zero attached hydrogens (tertiary/aromatic N) is 1. The Morgan fingerprint density at radius 3 is 2.79 bits per heavy atom. The zero-order valence-electron chi connectivity index (χ0n) is 13.3. The van der Waals surface area contributed by atoms with Gasteiger partial charge in [0.05, 0.1) is 16.9 Å². The van der Waals surface area contributed by atoms with Crippen LogP contribution in [-0.2, 0) is 6.54 Å². The molecule has 1 atom stereocenters. The second-order valence-corrected chi connectivity index (χ2v) is 6.43. The van der Waals surface area contributed by atoms with E-state index in [0.29, 0.717) is 23.0 Å². The van der Waals surface area contributed by atoms with Gasteiger partial charge in [0.1, 0.15) is 0 Å². The van der Waals surface area contributed by atoms with Gasteiger partial charge < -0.3 is 10.3 Å². The number of hydrogen-bond acceptors (Lipinski definition) is 4. The van der Waals surface area contributed by atoms with Crippen LogP contribution in [0.1, 0.15) is 35.1 Å². The summed E-state index contributed by atoms with van der Waals surface area (Å²) in [6.07, 6.45) is 0. The molecule has 7 heteroatoms. The number of thiophene rings is 1. The second kappa shape index (κ2) is 6.45. The van der Waals surface area contributed by atoms with Gasteiger partial charge in [0.2, 0.25) is 0 Å². The first-order chi connectivity index (χ1) is 11.5. The van der Waals surface area contributed by atoms with Gasteiger partial charge in [-0.2, -0.15) is 0 Å². The molecular formula is C17H17N3O3S. The average Bonchev–Trinajstić information content (AvgIpc) is 3.09. The number of aromatic nitrogens is 2. The van der Waals surface area contributed by atoms with Crippen LogP contribution in [0.3, 0.4) is 0 Å². The highest BCUT2D eigenvalue weighted by Crippen LogP contribution is 2.19. The van der Waals surface area contributed by atoms with Gasteiger partial charge in [0, 0.05) is 17.0 Å². The predicted octanol–water partition coefficient (Wildman–Crippen LogP) is 2.26. The van der Waals surface area contributed by atoms with E-state index in [-0.39, 0.29) is 17.5 Å². The second-order valence-electron chi connectivity index (χ2n) is 5.45. The van der Waals surface area contributed by atoms with Crippen LogP contribution >= 0.6 is 11.3 Å². The summed E-state index contributed by atoms with van der Waals surface area (Å²) >= 11 is 1.57. The normalized spacial score (nSPS) is 12.2. The van der Waals surface area contributed by atoms with Crippen LogP contribution in [0, 0.1) is 0 Å². The van der Waals surface area contributed by atoms with Gasteiger partial charge in [-0.1, -0.05) is 6.07 Å². The summed E-state index contributed by atoms with van der Waals surface area (Å²) in [5, 5.41) is 5.26. The van der Waals surface area contributed by atoms with E-state index in [4.69, 9.17) is 0 Å².